The lowest BCUT2D eigenvalue weighted by atomic mass is 10.0. The summed E-state index contributed by atoms with van der Waals surface area (Å²) >= 11 is 0. The van der Waals surface area contributed by atoms with Crippen LogP contribution in [0.15, 0.2) is 4.99 Å². The van der Waals surface area contributed by atoms with Crippen LogP contribution in [0.3, 0.4) is 0 Å². The number of hydrogen-bond donors (Lipinski definition) is 3. The maximum absolute atomic E-state index is 10.7. The summed E-state index contributed by atoms with van der Waals surface area (Å²) in [4.78, 5) is 6.81. The first-order valence-electron chi connectivity index (χ1n) is 10.0. The van der Waals surface area contributed by atoms with Crippen LogP contribution in [0.1, 0.15) is 41.0 Å². The van der Waals surface area contributed by atoms with Gasteiger partial charge in [0.25, 0.3) is 0 Å². The van der Waals surface area contributed by atoms with E-state index in [2.05, 4.69) is 34.4 Å². The van der Waals surface area contributed by atoms with Crippen LogP contribution in [0.25, 0.3) is 0 Å². The minimum Gasteiger partial charge on any atom is -0.387 e. The van der Waals surface area contributed by atoms with E-state index in [-0.39, 0.29) is 30.1 Å². The molecule has 7 nitrogen and oxygen atoms in total. The van der Waals surface area contributed by atoms with Crippen molar-refractivity contribution in [2.24, 2.45) is 10.9 Å². The van der Waals surface area contributed by atoms with E-state index >= 15 is 0 Å². The van der Waals surface area contributed by atoms with E-state index in [0.717, 1.165) is 58.4 Å². The normalized spacial score (nSPS) is 19.3. The van der Waals surface area contributed by atoms with Gasteiger partial charge in [0.05, 0.1) is 31.5 Å². The molecule has 3 N–H and O–H groups in total. The number of aliphatic hydroxyl groups is 1. The fourth-order valence-corrected chi connectivity index (χ4v) is 3.04. The number of rotatable bonds is 11. The summed E-state index contributed by atoms with van der Waals surface area (Å²) in [6, 6.07) is 0. The fraction of sp³-hybridized carbons (Fsp3) is 0.947. The molecule has 0 aromatic rings. The zero-order valence-corrected chi connectivity index (χ0v) is 20.1. The van der Waals surface area contributed by atoms with Crippen LogP contribution >= 0.6 is 24.0 Å². The summed E-state index contributed by atoms with van der Waals surface area (Å²) in [6.07, 6.45) is 1.18. The summed E-state index contributed by atoms with van der Waals surface area (Å²) in [7, 11) is 0. The molecule has 1 fully saturated rings. The molecule has 0 radical (unpaired) electrons. The highest BCUT2D eigenvalue weighted by molar-refractivity contribution is 14.0. The second-order valence-electron chi connectivity index (χ2n) is 7.53. The Morgan fingerprint density at radius 3 is 2.48 bits per heavy atom. The van der Waals surface area contributed by atoms with Gasteiger partial charge in [-0.2, -0.15) is 0 Å². The molecule has 1 rings (SSSR count). The molecule has 0 aliphatic carbocycles. The Kier molecular flexibility index (Phi) is 14.7. The van der Waals surface area contributed by atoms with Gasteiger partial charge in [0.2, 0.25) is 0 Å². The van der Waals surface area contributed by atoms with Crippen molar-refractivity contribution >= 4 is 29.9 Å². The molecular weight excluding hydrogens is 459 g/mol. The molecule has 1 aliphatic heterocycles. The molecule has 0 saturated carbocycles. The first-order valence-corrected chi connectivity index (χ1v) is 10.0. The number of nitrogens with one attached hydrogen (secondary N) is 2. The van der Waals surface area contributed by atoms with Crippen LogP contribution < -0.4 is 10.6 Å². The van der Waals surface area contributed by atoms with Crippen LogP contribution in [0.4, 0.5) is 0 Å². The number of halogens is 1. The van der Waals surface area contributed by atoms with E-state index in [4.69, 9.17) is 9.47 Å². The van der Waals surface area contributed by atoms with Gasteiger partial charge in [-0.3, -0.25) is 9.89 Å². The van der Waals surface area contributed by atoms with Gasteiger partial charge in [-0.15, -0.1) is 24.0 Å². The Morgan fingerprint density at radius 1 is 1.26 bits per heavy atom. The van der Waals surface area contributed by atoms with Crippen molar-refractivity contribution in [2.75, 3.05) is 59.1 Å². The van der Waals surface area contributed by atoms with E-state index in [0.29, 0.717) is 19.0 Å². The molecule has 8 heteroatoms. The number of nitrogens with zero attached hydrogens (tertiary/aromatic N) is 2. The predicted molar refractivity (Wildman–Crippen MR) is 122 cm³/mol. The van der Waals surface area contributed by atoms with Gasteiger partial charge in [0.15, 0.2) is 5.96 Å². The van der Waals surface area contributed by atoms with Crippen molar-refractivity contribution in [1.82, 2.24) is 15.5 Å². The molecule has 0 bridgehead atoms. The molecule has 162 valence electrons. The number of guanidine groups is 1. The molecule has 0 aromatic heterocycles. The van der Waals surface area contributed by atoms with Crippen LogP contribution in [0.5, 0.6) is 0 Å². The first-order chi connectivity index (χ1) is 12.4. The lowest BCUT2D eigenvalue weighted by Gasteiger charge is -2.33. The molecule has 1 aliphatic rings. The monoisotopic (exact) mass is 500 g/mol. The minimum absolute atomic E-state index is 0. The van der Waals surface area contributed by atoms with Crippen molar-refractivity contribution < 1.29 is 14.6 Å². The summed E-state index contributed by atoms with van der Waals surface area (Å²) in [5.74, 6) is 1.24. The maximum Gasteiger partial charge on any atom is 0.191 e. The zero-order valence-electron chi connectivity index (χ0n) is 17.8. The van der Waals surface area contributed by atoms with E-state index in [1.54, 1.807) is 0 Å². The van der Waals surface area contributed by atoms with E-state index in [1.165, 1.54) is 0 Å². The van der Waals surface area contributed by atoms with Crippen LogP contribution in [-0.4, -0.2) is 86.8 Å². The lowest BCUT2D eigenvalue weighted by molar-refractivity contribution is -0.0180. The third kappa shape index (κ3) is 12.1. The highest BCUT2D eigenvalue weighted by Crippen LogP contribution is 2.11. The standard InChI is InChI=1S/C19H40N4O3.HI/c1-6-20-18(21-9-8-17(16(3)4)26-7-2)22-14-19(5,24)15-23-10-12-25-13-11-23;/h16-17,24H,6-15H2,1-5H3,(H2,20,21,22);1H. The minimum atomic E-state index is -0.856. The lowest BCUT2D eigenvalue weighted by Crippen LogP contribution is -2.48. The second-order valence-corrected chi connectivity index (χ2v) is 7.53. The van der Waals surface area contributed by atoms with Crippen LogP contribution in [0.2, 0.25) is 0 Å². The third-order valence-corrected chi connectivity index (χ3v) is 4.44. The molecule has 0 amide bonds. The molecule has 2 unspecified atom stereocenters. The van der Waals surface area contributed by atoms with Gasteiger partial charge >= 0.3 is 0 Å². The molecule has 1 heterocycles. The smallest absolute Gasteiger partial charge is 0.191 e. The van der Waals surface area contributed by atoms with Crippen molar-refractivity contribution in [3.05, 3.63) is 0 Å². The third-order valence-electron chi connectivity index (χ3n) is 4.44. The Hall–Kier alpha value is -0.160. The van der Waals surface area contributed by atoms with E-state index < -0.39 is 5.60 Å². The highest BCUT2D eigenvalue weighted by Gasteiger charge is 2.25. The second kappa shape index (κ2) is 14.8. The van der Waals surface area contributed by atoms with Gasteiger partial charge in [0, 0.05) is 39.3 Å². The molecule has 1 saturated heterocycles. The Balaban J connectivity index is 0.00000676. The summed E-state index contributed by atoms with van der Waals surface area (Å²) < 4.78 is 11.1. The molecule has 2 atom stereocenters. The SMILES string of the molecule is CCNC(=NCC(C)(O)CN1CCOCC1)NCCC(OCC)C(C)C.I. The molecular formula is C19H41IN4O3. The van der Waals surface area contributed by atoms with Gasteiger partial charge in [-0.1, -0.05) is 13.8 Å². The van der Waals surface area contributed by atoms with Gasteiger partial charge in [0.1, 0.15) is 0 Å². The largest absolute Gasteiger partial charge is 0.387 e. The molecule has 27 heavy (non-hydrogen) atoms. The molecule has 0 aromatic carbocycles. The maximum atomic E-state index is 10.7. The topological polar surface area (TPSA) is 78.4 Å². The van der Waals surface area contributed by atoms with Gasteiger partial charge < -0.3 is 25.2 Å². The number of morpholine rings is 1. The quantitative estimate of drug-likeness (QED) is 0.228. The predicted octanol–water partition coefficient (Wildman–Crippen LogP) is 1.69. The zero-order chi connectivity index (χ0) is 19.4. The number of β-amino-alcohol motifs (C(OH)–C–C–N with tert-alkyl or cyclic N) is 1. The Morgan fingerprint density at radius 2 is 1.93 bits per heavy atom. The summed E-state index contributed by atoms with van der Waals surface area (Å²) in [6.45, 7) is 16.8. The van der Waals surface area contributed by atoms with Crippen molar-refractivity contribution in [3.63, 3.8) is 0 Å². The summed E-state index contributed by atoms with van der Waals surface area (Å²) in [5, 5.41) is 17.3. The highest BCUT2D eigenvalue weighted by atomic mass is 127. The number of hydrogen-bond acceptors (Lipinski definition) is 5. The summed E-state index contributed by atoms with van der Waals surface area (Å²) in [5.41, 5.74) is -0.856. The van der Waals surface area contributed by atoms with Crippen molar-refractivity contribution in [1.29, 1.82) is 0 Å². The average molecular weight is 500 g/mol. The van der Waals surface area contributed by atoms with Crippen LogP contribution in [-0.2, 0) is 9.47 Å². The number of ether oxygens (including phenoxy) is 2. The van der Waals surface area contributed by atoms with Crippen molar-refractivity contribution in [2.45, 2.75) is 52.7 Å². The van der Waals surface area contributed by atoms with E-state index in [1.807, 2.05) is 20.8 Å². The van der Waals surface area contributed by atoms with Crippen LogP contribution in [0, 0.1) is 5.92 Å². The van der Waals surface area contributed by atoms with Gasteiger partial charge in [-0.25, -0.2) is 0 Å². The number of aliphatic imine (C=N–C) groups is 1. The van der Waals surface area contributed by atoms with Crippen molar-refractivity contribution in [3.8, 4) is 0 Å². The molecule has 0 spiro atoms. The fourth-order valence-electron chi connectivity index (χ4n) is 3.04. The Bertz CT molecular complexity index is 402. The Labute approximate surface area is 182 Å². The average Bonchev–Trinajstić information content (AvgIpc) is 2.59. The van der Waals surface area contributed by atoms with Gasteiger partial charge in [-0.05, 0) is 33.1 Å². The first kappa shape index (κ1) is 26.8. The van der Waals surface area contributed by atoms with E-state index in [9.17, 15) is 5.11 Å².